The van der Waals surface area contributed by atoms with Gasteiger partial charge in [0.2, 0.25) is 0 Å². The van der Waals surface area contributed by atoms with Crippen LogP contribution in [0.4, 0.5) is 0 Å². The zero-order chi connectivity index (χ0) is 13.1. The second kappa shape index (κ2) is 9.56. The Hall–Kier alpha value is 0.450. The molecule has 0 amide bonds. The number of thiophene rings is 1. The van der Waals surface area contributed by atoms with E-state index in [1.54, 1.807) is 11.3 Å². The summed E-state index contributed by atoms with van der Waals surface area (Å²) in [6.07, 6.45) is 2.34. The molecule has 21 heavy (non-hydrogen) atoms. The van der Waals surface area contributed by atoms with Gasteiger partial charge in [-0.3, -0.25) is 4.90 Å². The van der Waals surface area contributed by atoms with Crippen LogP contribution in [0.2, 0.25) is 4.34 Å². The van der Waals surface area contributed by atoms with Crippen LogP contribution >= 0.6 is 47.8 Å². The van der Waals surface area contributed by atoms with Crippen molar-refractivity contribution in [2.45, 2.75) is 18.9 Å². The van der Waals surface area contributed by atoms with Gasteiger partial charge >= 0.3 is 0 Å². The first-order chi connectivity index (χ1) is 9.34. The van der Waals surface area contributed by atoms with E-state index >= 15 is 0 Å². The Kier molecular flexibility index (Phi) is 8.87. The molecule has 2 saturated heterocycles. The lowest BCUT2D eigenvalue weighted by Gasteiger charge is -2.40. The molecule has 122 valence electrons. The number of nitrogens with one attached hydrogen (secondary N) is 1. The summed E-state index contributed by atoms with van der Waals surface area (Å²) in [5.41, 5.74) is 0. The van der Waals surface area contributed by atoms with E-state index in [-0.39, 0.29) is 24.8 Å². The third kappa shape index (κ3) is 4.96. The molecule has 0 radical (unpaired) electrons. The van der Waals surface area contributed by atoms with E-state index in [1.165, 1.54) is 17.7 Å². The van der Waals surface area contributed by atoms with E-state index in [1.807, 2.05) is 6.07 Å². The maximum atomic E-state index is 6.15. The third-order valence-electron chi connectivity index (χ3n) is 4.14. The van der Waals surface area contributed by atoms with Crippen molar-refractivity contribution >= 4 is 47.8 Å². The fourth-order valence-electron chi connectivity index (χ4n) is 3.19. The molecule has 1 N–H and O–H groups in total. The average Bonchev–Trinajstić information content (AvgIpc) is 2.88. The van der Waals surface area contributed by atoms with Crippen molar-refractivity contribution in [3.8, 4) is 0 Å². The van der Waals surface area contributed by atoms with Crippen LogP contribution in [0.25, 0.3) is 0 Å². The fraction of sp³-hybridized carbons (Fsp3) is 0.714. The SMILES string of the molecule is Cl.Cl.Clc1ccc([C@@H](C2CCOCC2)N2CCNCC2)s1. The van der Waals surface area contributed by atoms with Gasteiger partial charge in [-0.15, -0.1) is 36.2 Å². The molecule has 2 aliphatic heterocycles. The second-order valence-electron chi connectivity index (χ2n) is 5.32. The van der Waals surface area contributed by atoms with Crippen molar-refractivity contribution in [3.63, 3.8) is 0 Å². The summed E-state index contributed by atoms with van der Waals surface area (Å²) in [6, 6.07) is 4.79. The molecule has 0 unspecified atom stereocenters. The van der Waals surface area contributed by atoms with Crippen molar-refractivity contribution in [1.82, 2.24) is 10.2 Å². The maximum Gasteiger partial charge on any atom is 0.0931 e. The Morgan fingerprint density at radius 2 is 1.86 bits per heavy atom. The van der Waals surface area contributed by atoms with Crippen LogP contribution in [0.1, 0.15) is 23.8 Å². The summed E-state index contributed by atoms with van der Waals surface area (Å²) in [7, 11) is 0. The number of rotatable bonds is 3. The van der Waals surface area contributed by atoms with E-state index in [0.29, 0.717) is 12.0 Å². The Labute approximate surface area is 148 Å². The van der Waals surface area contributed by atoms with Crippen LogP contribution in [0.15, 0.2) is 12.1 Å². The van der Waals surface area contributed by atoms with Crippen LogP contribution < -0.4 is 5.32 Å². The summed E-state index contributed by atoms with van der Waals surface area (Å²) in [4.78, 5) is 4.06. The number of hydrogen-bond acceptors (Lipinski definition) is 4. The molecule has 1 aromatic heterocycles. The summed E-state index contributed by atoms with van der Waals surface area (Å²) in [6.45, 7) is 6.28. The Morgan fingerprint density at radius 1 is 1.19 bits per heavy atom. The van der Waals surface area contributed by atoms with Crippen LogP contribution in [0, 0.1) is 5.92 Å². The minimum absolute atomic E-state index is 0. The lowest BCUT2D eigenvalue weighted by Crippen LogP contribution is -2.47. The predicted molar refractivity (Wildman–Crippen MR) is 94.6 cm³/mol. The third-order valence-corrected chi connectivity index (χ3v) is 5.44. The van der Waals surface area contributed by atoms with Crippen LogP contribution in [-0.4, -0.2) is 44.3 Å². The van der Waals surface area contributed by atoms with Gasteiger partial charge in [0.1, 0.15) is 0 Å². The summed E-state index contributed by atoms with van der Waals surface area (Å²) >= 11 is 7.89. The van der Waals surface area contributed by atoms with Gasteiger partial charge in [0.05, 0.1) is 4.34 Å². The zero-order valence-corrected chi connectivity index (χ0v) is 15.1. The molecule has 0 aliphatic carbocycles. The van der Waals surface area contributed by atoms with E-state index in [4.69, 9.17) is 16.3 Å². The van der Waals surface area contributed by atoms with Gasteiger partial charge in [0.25, 0.3) is 0 Å². The lowest BCUT2D eigenvalue weighted by atomic mass is 9.89. The molecule has 2 fully saturated rings. The van der Waals surface area contributed by atoms with Crippen LogP contribution in [0.5, 0.6) is 0 Å². The fourth-order valence-corrected chi connectivity index (χ4v) is 4.48. The highest BCUT2D eigenvalue weighted by atomic mass is 35.5. The molecule has 0 saturated carbocycles. The molecule has 0 spiro atoms. The molecule has 0 aromatic carbocycles. The van der Waals surface area contributed by atoms with Gasteiger partial charge in [-0.2, -0.15) is 0 Å². The van der Waals surface area contributed by atoms with Gasteiger partial charge in [0.15, 0.2) is 0 Å². The highest BCUT2D eigenvalue weighted by molar-refractivity contribution is 7.16. The highest BCUT2D eigenvalue weighted by Gasteiger charge is 2.32. The predicted octanol–water partition coefficient (Wildman–Crippen LogP) is 3.62. The van der Waals surface area contributed by atoms with Crippen LogP contribution in [0.3, 0.4) is 0 Å². The van der Waals surface area contributed by atoms with Gasteiger partial charge in [-0.1, -0.05) is 11.6 Å². The summed E-state index contributed by atoms with van der Waals surface area (Å²) in [5.74, 6) is 0.710. The Bertz CT molecular complexity index is 389. The molecular formula is C14H23Cl3N2OS. The molecule has 0 bridgehead atoms. The number of ether oxygens (including phenoxy) is 1. The van der Waals surface area contributed by atoms with Gasteiger partial charge in [0, 0.05) is 50.3 Å². The standard InChI is InChI=1S/C14H21ClN2OS.2ClH/c15-13-2-1-12(19-13)14(11-3-9-18-10-4-11)17-7-5-16-6-8-17;;/h1-2,11,14,16H,3-10H2;2*1H/t14-;;/m1../s1. The van der Waals surface area contributed by atoms with E-state index in [2.05, 4.69) is 16.3 Å². The first-order valence-electron chi connectivity index (χ1n) is 7.12. The van der Waals surface area contributed by atoms with E-state index < -0.39 is 0 Å². The number of hydrogen-bond donors (Lipinski definition) is 1. The Balaban J connectivity index is 0.00000110. The van der Waals surface area contributed by atoms with Crippen molar-refractivity contribution in [2.75, 3.05) is 39.4 Å². The minimum Gasteiger partial charge on any atom is -0.381 e. The van der Waals surface area contributed by atoms with Crippen LogP contribution in [-0.2, 0) is 4.74 Å². The molecule has 3 rings (SSSR count). The topological polar surface area (TPSA) is 24.5 Å². The first kappa shape index (κ1) is 19.5. The number of nitrogens with zero attached hydrogens (tertiary/aromatic N) is 1. The molecule has 3 heterocycles. The van der Waals surface area contributed by atoms with Crippen molar-refractivity contribution < 1.29 is 4.74 Å². The molecular weight excluding hydrogens is 351 g/mol. The summed E-state index contributed by atoms with van der Waals surface area (Å²) in [5, 5.41) is 3.44. The van der Waals surface area contributed by atoms with Crippen molar-refractivity contribution in [2.24, 2.45) is 5.92 Å². The Morgan fingerprint density at radius 3 is 2.43 bits per heavy atom. The minimum atomic E-state index is 0. The molecule has 3 nitrogen and oxygen atoms in total. The molecule has 7 heteroatoms. The first-order valence-corrected chi connectivity index (χ1v) is 8.32. The van der Waals surface area contributed by atoms with Crippen molar-refractivity contribution in [1.29, 1.82) is 0 Å². The lowest BCUT2D eigenvalue weighted by molar-refractivity contribution is 0.0223. The number of piperazine rings is 1. The smallest absolute Gasteiger partial charge is 0.0931 e. The van der Waals surface area contributed by atoms with Crippen molar-refractivity contribution in [3.05, 3.63) is 21.3 Å². The zero-order valence-electron chi connectivity index (χ0n) is 11.9. The van der Waals surface area contributed by atoms with E-state index in [0.717, 1.165) is 43.7 Å². The molecule has 1 atom stereocenters. The van der Waals surface area contributed by atoms with Gasteiger partial charge in [-0.05, 0) is 30.9 Å². The maximum absolute atomic E-state index is 6.15. The largest absolute Gasteiger partial charge is 0.381 e. The average molecular weight is 374 g/mol. The second-order valence-corrected chi connectivity index (χ2v) is 7.07. The quantitative estimate of drug-likeness (QED) is 0.876. The highest BCUT2D eigenvalue weighted by Crippen LogP contribution is 2.39. The van der Waals surface area contributed by atoms with E-state index in [9.17, 15) is 0 Å². The van der Waals surface area contributed by atoms with Gasteiger partial charge < -0.3 is 10.1 Å². The number of halogens is 3. The normalized spacial score (nSPS) is 22.1. The molecule has 1 aromatic rings. The molecule has 2 aliphatic rings. The van der Waals surface area contributed by atoms with Gasteiger partial charge in [-0.25, -0.2) is 0 Å². The monoisotopic (exact) mass is 372 g/mol. The summed E-state index contributed by atoms with van der Waals surface area (Å²) < 4.78 is 6.43.